The van der Waals surface area contributed by atoms with Gasteiger partial charge in [0.25, 0.3) is 5.91 Å². The quantitative estimate of drug-likeness (QED) is 0.628. The Bertz CT molecular complexity index is 1070. The molecule has 1 N–H and O–H groups in total. The molecule has 0 radical (unpaired) electrons. The molecule has 1 aliphatic heterocycles. The van der Waals surface area contributed by atoms with Gasteiger partial charge in [-0.05, 0) is 56.2 Å². The largest absolute Gasteiger partial charge is 0.487 e. The average Bonchev–Trinajstić information content (AvgIpc) is 2.84. The number of pyridine rings is 1. The highest BCUT2D eigenvalue weighted by atomic mass is 16.5. The fourth-order valence-electron chi connectivity index (χ4n) is 3.80. The van der Waals surface area contributed by atoms with Crippen molar-refractivity contribution in [3.63, 3.8) is 0 Å². The number of hydrogen-bond donors (Lipinski definition) is 1. The second kappa shape index (κ2) is 10.1. The van der Waals surface area contributed by atoms with Gasteiger partial charge in [0.2, 0.25) is 5.91 Å². The average molecular weight is 430 g/mol. The number of hydrogen-bond acceptors (Lipinski definition) is 4. The molecule has 2 heterocycles. The van der Waals surface area contributed by atoms with Crippen molar-refractivity contribution < 1.29 is 14.3 Å². The second-order valence-electron chi connectivity index (χ2n) is 8.08. The number of nitrogens with zero attached hydrogens (tertiary/aromatic N) is 2. The molecule has 1 aromatic heterocycles. The summed E-state index contributed by atoms with van der Waals surface area (Å²) in [5.74, 6) is 0.324. The van der Waals surface area contributed by atoms with E-state index in [1.54, 1.807) is 17.2 Å². The van der Waals surface area contributed by atoms with Gasteiger partial charge in [-0.1, -0.05) is 29.8 Å². The molecule has 32 heavy (non-hydrogen) atoms. The maximum absolute atomic E-state index is 12.9. The highest BCUT2D eigenvalue weighted by molar-refractivity contribution is 5.96. The molecule has 164 valence electrons. The van der Waals surface area contributed by atoms with Crippen molar-refractivity contribution >= 4 is 17.5 Å². The predicted molar refractivity (Wildman–Crippen MR) is 123 cm³/mol. The minimum Gasteiger partial charge on any atom is -0.487 e. The van der Waals surface area contributed by atoms with Crippen LogP contribution in [0.25, 0.3) is 0 Å². The Morgan fingerprint density at radius 3 is 2.72 bits per heavy atom. The Morgan fingerprint density at radius 1 is 1.09 bits per heavy atom. The zero-order valence-electron chi connectivity index (χ0n) is 18.2. The first kappa shape index (κ1) is 21.6. The summed E-state index contributed by atoms with van der Waals surface area (Å²) >= 11 is 0. The standard InChI is InChI=1S/C26H27N3O3/c1-19-10-12-20(13-11-19)26(31)29-15-5-6-21(17-29)25(30)28-22-8-4-9-24(16-22)32-18-23-7-2-3-14-27-23/h2-4,7-14,16,21H,5-6,15,17-18H2,1H3,(H,28,30). The first-order valence-electron chi connectivity index (χ1n) is 10.9. The summed E-state index contributed by atoms with van der Waals surface area (Å²) < 4.78 is 5.80. The molecule has 0 saturated carbocycles. The summed E-state index contributed by atoms with van der Waals surface area (Å²) in [4.78, 5) is 31.8. The topological polar surface area (TPSA) is 71.5 Å². The third-order valence-electron chi connectivity index (χ3n) is 5.59. The van der Waals surface area contributed by atoms with Gasteiger partial charge in [0, 0.05) is 36.6 Å². The second-order valence-corrected chi connectivity index (χ2v) is 8.08. The molecule has 4 rings (SSSR count). The molecule has 2 aromatic carbocycles. The number of amides is 2. The molecule has 1 aliphatic rings. The maximum Gasteiger partial charge on any atom is 0.253 e. The Hall–Kier alpha value is -3.67. The van der Waals surface area contributed by atoms with E-state index in [4.69, 9.17) is 4.74 Å². The van der Waals surface area contributed by atoms with E-state index in [0.29, 0.717) is 36.7 Å². The lowest BCUT2D eigenvalue weighted by atomic mass is 9.96. The highest BCUT2D eigenvalue weighted by Crippen LogP contribution is 2.23. The van der Waals surface area contributed by atoms with Gasteiger partial charge in [-0.3, -0.25) is 14.6 Å². The van der Waals surface area contributed by atoms with E-state index in [1.807, 2.05) is 67.6 Å². The summed E-state index contributed by atoms with van der Waals surface area (Å²) in [7, 11) is 0. The predicted octanol–water partition coefficient (Wildman–Crippen LogP) is 4.46. The Morgan fingerprint density at radius 2 is 1.94 bits per heavy atom. The van der Waals surface area contributed by atoms with Crippen molar-refractivity contribution in [1.82, 2.24) is 9.88 Å². The minimum absolute atomic E-state index is 0.0209. The third kappa shape index (κ3) is 5.52. The maximum atomic E-state index is 12.9. The monoisotopic (exact) mass is 429 g/mol. The Balaban J connectivity index is 1.35. The van der Waals surface area contributed by atoms with E-state index in [-0.39, 0.29) is 17.7 Å². The molecule has 2 amide bonds. The fraction of sp³-hybridized carbons (Fsp3) is 0.269. The van der Waals surface area contributed by atoms with Crippen LogP contribution in [0, 0.1) is 12.8 Å². The normalized spacial score (nSPS) is 15.8. The van der Waals surface area contributed by atoms with Gasteiger partial charge in [-0.25, -0.2) is 0 Å². The minimum atomic E-state index is -0.240. The number of likely N-dealkylation sites (tertiary alicyclic amines) is 1. The molecular weight excluding hydrogens is 402 g/mol. The van der Waals surface area contributed by atoms with Crippen LogP contribution in [0.5, 0.6) is 5.75 Å². The van der Waals surface area contributed by atoms with Crippen LogP contribution < -0.4 is 10.1 Å². The Labute approximate surface area is 188 Å². The summed E-state index contributed by atoms with van der Waals surface area (Å²) in [5.41, 5.74) is 3.29. The van der Waals surface area contributed by atoms with E-state index in [1.165, 1.54) is 0 Å². The van der Waals surface area contributed by atoms with Gasteiger partial charge < -0.3 is 15.0 Å². The highest BCUT2D eigenvalue weighted by Gasteiger charge is 2.29. The van der Waals surface area contributed by atoms with Gasteiger partial charge in [-0.15, -0.1) is 0 Å². The number of carbonyl (C=O) groups excluding carboxylic acids is 2. The van der Waals surface area contributed by atoms with E-state index in [2.05, 4.69) is 10.3 Å². The molecule has 1 fully saturated rings. The molecule has 1 saturated heterocycles. The lowest BCUT2D eigenvalue weighted by Crippen LogP contribution is -2.43. The number of ether oxygens (including phenoxy) is 1. The van der Waals surface area contributed by atoms with E-state index >= 15 is 0 Å². The van der Waals surface area contributed by atoms with Crippen LogP contribution in [0.15, 0.2) is 72.9 Å². The van der Waals surface area contributed by atoms with Crippen LogP contribution in [0.1, 0.15) is 34.5 Å². The number of nitrogens with one attached hydrogen (secondary N) is 1. The molecule has 1 unspecified atom stereocenters. The van der Waals surface area contributed by atoms with Crippen molar-refractivity contribution in [2.45, 2.75) is 26.4 Å². The van der Waals surface area contributed by atoms with Crippen LogP contribution in [-0.4, -0.2) is 34.8 Å². The first-order chi connectivity index (χ1) is 15.6. The molecule has 0 spiro atoms. The lowest BCUT2D eigenvalue weighted by molar-refractivity contribution is -0.121. The van der Waals surface area contributed by atoms with Crippen molar-refractivity contribution in [1.29, 1.82) is 0 Å². The zero-order chi connectivity index (χ0) is 22.3. The molecule has 0 bridgehead atoms. The van der Waals surface area contributed by atoms with Gasteiger partial charge in [-0.2, -0.15) is 0 Å². The first-order valence-corrected chi connectivity index (χ1v) is 10.9. The van der Waals surface area contributed by atoms with E-state index < -0.39 is 0 Å². The van der Waals surface area contributed by atoms with Gasteiger partial charge >= 0.3 is 0 Å². The number of rotatable bonds is 6. The fourth-order valence-corrected chi connectivity index (χ4v) is 3.80. The van der Waals surface area contributed by atoms with Gasteiger partial charge in [0.05, 0.1) is 11.6 Å². The van der Waals surface area contributed by atoms with Crippen LogP contribution in [0.2, 0.25) is 0 Å². The Kier molecular flexibility index (Phi) is 6.80. The summed E-state index contributed by atoms with van der Waals surface area (Å²) in [6.45, 7) is 3.45. The number of aromatic nitrogens is 1. The number of carbonyl (C=O) groups is 2. The lowest BCUT2D eigenvalue weighted by Gasteiger charge is -2.32. The van der Waals surface area contributed by atoms with Crippen LogP contribution in [0.4, 0.5) is 5.69 Å². The van der Waals surface area contributed by atoms with Crippen molar-refractivity contribution in [3.05, 3.63) is 89.7 Å². The van der Waals surface area contributed by atoms with E-state index in [9.17, 15) is 9.59 Å². The summed E-state index contributed by atoms with van der Waals surface area (Å²) in [6.07, 6.45) is 3.30. The molecule has 3 aromatic rings. The van der Waals surface area contributed by atoms with Crippen molar-refractivity contribution in [2.75, 3.05) is 18.4 Å². The number of anilines is 1. The van der Waals surface area contributed by atoms with Crippen LogP contribution >= 0.6 is 0 Å². The van der Waals surface area contributed by atoms with E-state index in [0.717, 1.165) is 24.1 Å². The van der Waals surface area contributed by atoms with Gasteiger partial charge in [0.15, 0.2) is 0 Å². The molecule has 6 heteroatoms. The van der Waals surface area contributed by atoms with Crippen LogP contribution in [-0.2, 0) is 11.4 Å². The third-order valence-corrected chi connectivity index (χ3v) is 5.59. The van der Waals surface area contributed by atoms with Gasteiger partial charge in [0.1, 0.15) is 12.4 Å². The van der Waals surface area contributed by atoms with Crippen LogP contribution in [0.3, 0.4) is 0 Å². The molecule has 1 atom stereocenters. The van der Waals surface area contributed by atoms with Crippen molar-refractivity contribution in [2.24, 2.45) is 5.92 Å². The SMILES string of the molecule is Cc1ccc(C(=O)N2CCCC(C(=O)Nc3cccc(OCc4ccccn4)c3)C2)cc1. The summed E-state index contributed by atoms with van der Waals surface area (Å²) in [6, 6.07) is 20.6. The number of benzene rings is 2. The van der Waals surface area contributed by atoms with Crippen molar-refractivity contribution in [3.8, 4) is 5.75 Å². The molecule has 6 nitrogen and oxygen atoms in total. The molecule has 0 aliphatic carbocycles. The smallest absolute Gasteiger partial charge is 0.253 e. The number of piperidine rings is 1. The summed E-state index contributed by atoms with van der Waals surface area (Å²) in [5, 5.41) is 2.98. The molecular formula is C26H27N3O3. The number of aryl methyl sites for hydroxylation is 1. The zero-order valence-corrected chi connectivity index (χ0v) is 18.2.